The van der Waals surface area contributed by atoms with Crippen LogP contribution < -0.4 is 0 Å². The van der Waals surface area contributed by atoms with Crippen LogP contribution in [0, 0.1) is 5.82 Å². The van der Waals surface area contributed by atoms with Crippen molar-refractivity contribution in [3.05, 3.63) is 114 Å². The van der Waals surface area contributed by atoms with Gasteiger partial charge < -0.3 is 14.6 Å². The van der Waals surface area contributed by atoms with Gasteiger partial charge in [0.2, 0.25) is 0 Å². The highest BCUT2D eigenvalue weighted by molar-refractivity contribution is 5.91. The second kappa shape index (κ2) is 11.1. The molecule has 0 amide bonds. The Labute approximate surface area is 215 Å². The first kappa shape index (κ1) is 24.3. The van der Waals surface area contributed by atoms with Gasteiger partial charge in [0.1, 0.15) is 5.82 Å². The predicted molar refractivity (Wildman–Crippen MR) is 145 cm³/mol. The Hall–Kier alpha value is -4.45. The third-order valence-corrected chi connectivity index (χ3v) is 6.47. The van der Waals surface area contributed by atoms with E-state index in [1.54, 1.807) is 43.6 Å². The summed E-state index contributed by atoms with van der Waals surface area (Å²) < 4.78 is 18.6. The summed E-state index contributed by atoms with van der Waals surface area (Å²) in [6, 6.07) is 18.0. The van der Waals surface area contributed by atoms with Crippen molar-refractivity contribution in [2.45, 2.75) is 13.3 Å². The molecule has 0 radical (unpaired) electrons. The minimum atomic E-state index is -0.301. The second-order valence-corrected chi connectivity index (χ2v) is 8.83. The Morgan fingerprint density at radius 1 is 1.05 bits per heavy atom. The molecule has 5 nitrogen and oxygen atoms in total. The molecule has 0 fully saturated rings. The molecule has 0 unspecified atom stereocenters. The maximum atomic E-state index is 13.6. The summed E-state index contributed by atoms with van der Waals surface area (Å²) in [4.78, 5) is 21.7. The van der Waals surface area contributed by atoms with Crippen molar-refractivity contribution >= 4 is 17.6 Å². The average molecular weight is 494 g/mol. The average Bonchev–Trinajstić information content (AvgIpc) is 3.39. The standard InChI is InChI=1S/C31H28FN3O2/c1-2-37-31(36)26-5-3-22(4-6-26)13-18-35-19-14-23(15-20-35)28-21-34-30(25-7-9-27(32)10-8-25)29(28)24-11-16-33-17-12-24/h3-14,16-18,21,34H,2,15,19-20H2,1H3. The molecule has 3 heterocycles. The summed E-state index contributed by atoms with van der Waals surface area (Å²) in [6.45, 7) is 3.84. The number of pyridine rings is 1. The Morgan fingerprint density at radius 3 is 2.49 bits per heavy atom. The van der Waals surface area contributed by atoms with Crippen molar-refractivity contribution in [3.8, 4) is 22.4 Å². The smallest absolute Gasteiger partial charge is 0.338 e. The highest BCUT2D eigenvalue weighted by Crippen LogP contribution is 2.39. The first-order valence-electron chi connectivity index (χ1n) is 12.4. The number of aromatic nitrogens is 2. The summed E-state index contributed by atoms with van der Waals surface area (Å²) in [6.07, 6.45) is 12.9. The van der Waals surface area contributed by atoms with Crippen molar-refractivity contribution < 1.29 is 13.9 Å². The number of esters is 1. The molecule has 37 heavy (non-hydrogen) atoms. The SMILES string of the molecule is CCOC(=O)c1ccc(C=CN2CC=C(c3c[nH]c(-c4ccc(F)cc4)c3-c3ccncc3)CC2)cc1. The summed E-state index contributed by atoms with van der Waals surface area (Å²) >= 11 is 0. The third kappa shape index (κ3) is 5.54. The van der Waals surface area contributed by atoms with Crippen molar-refractivity contribution in [1.82, 2.24) is 14.9 Å². The number of nitrogens with zero attached hydrogens (tertiary/aromatic N) is 2. The van der Waals surface area contributed by atoms with Gasteiger partial charge in [0, 0.05) is 42.8 Å². The Bertz CT molecular complexity index is 1420. The molecule has 0 saturated heterocycles. The Morgan fingerprint density at radius 2 is 1.81 bits per heavy atom. The van der Waals surface area contributed by atoms with Crippen molar-refractivity contribution in [3.63, 3.8) is 0 Å². The number of hydrogen-bond donors (Lipinski definition) is 1. The number of benzene rings is 2. The number of aromatic amines is 1. The van der Waals surface area contributed by atoms with Crippen LogP contribution in [0.5, 0.6) is 0 Å². The van der Waals surface area contributed by atoms with E-state index in [1.165, 1.54) is 17.7 Å². The summed E-state index contributed by atoms with van der Waals surface area (Å²) in [5.41, 5.74) is 8.10. The van der Waals surface area contributed by atoms with Gasteiger partial charge in [0.05, 0.1) is 17.9 Å². The molecule has 2 aromatic heterocycles. The molecule has 6 heteroatoms. The quantitative estimate of drug-likeness (QED) is 0.287. The number of rotatable bonds is 7. The summed E-state index contributed by atoms with van der Waals surface area (Å²) in [5, 5.41) is 0. The van der Waals surface area contributed by atoms with E-state index in [9.17, 15) is 9.18 Å². The van der Waals surface area contributed by atoms with Gasteiger partial charge in [-0.2, -0.15) is 0 Å². The Kier molecular flexibility index (Phi) is 7.26. The summed E-state index contributed by atoms with van der Waals surface area (Å²) in [5.74, 6) is -0.552. The van der Waals surface area contributed by atoms with Crippen molar-refractivity contribution in [1.29, 1.82) is 0 Å². The van der Waals surface area contributed by atoms with Gasteiger partial charge in [-0.05, 0) is 96.4 Å². The van der Waals surface area contributed by atoms with Crippen LogP contribution in [0.3, 0.4) is 0 Å². The molecule has 5 rings (SSSR count). The van der Waals surface area contributed by atoms with Gasteiger partial charge in [0.25, 0.3) is 0 Å². The zero-order valence-corrected chi connectivity index (χ0v) is 20.7. The zero-order chi connectivity index (χ0) is 25.6. The zero-order valence-electron chi connectivity index (χ0n) is 20.7. The number of H-pyrrole nitrogens is 1. The lowest BCUT2D eigenvalue weighted by Gasteiger charge is -2.25. The van der Waals surface area contributed by atoms with Gasteiger partial charge in [0.15, 0.2) is 0 Å². The first-order valence-corrected chi connectivity index (χ1v) is 12.4. The van der Waals surface area contributed by atoms with Gasteiger partial charge >= 0.3 is 5.97 Å². The first-order chi connectivity index (χ1) is 18.1. The normalized spacial score (nSPS) is 13.6. The third-order valence-electron chi connectivity index (χ3n) is 6.47. The molecule has 1 N–H and O–H groups in total. The lowest BCUT2D eigenvalue weighted by molar-refractivity contribution is 0.0526. The largest absolute Gasteiger partial charge is 0.462 e. The fraction of sp³-hybridized carbons (Fsp3) is 0.161. The van der Waals surface area contributed by atoms with Gasteiger partial charge in [-0.15, -0.1) is 0 Å². The van der Waals surface area contributed by atoms with E-state index >= 15 is 0 Å². The topological polar surface area (TPSA) is 58.2 Å². The van der Waals surface area contributed by atoms with Crippen LogP contribution in [-0.2, 0) is 4.74 Å². The second-order valence-electron chi connectivity index (χ2n) is 8.83. The van der Waals surface area contributed by atoms with Crippen LogP contribution in [0.1, 0.15) is 34.8 Å². The number of ether oxygens (including phenoxy) is 1. The highest BCUT2D eigenvalue weighted by Gasteiger charge is 2.20. The van der Waals surface area contributed by atoms with Crippen LogP contribution in [0.15, 0.2) is 91.5 Å². The maximum Gasteiger partial charge on any atom is 0.338 e. The molecule has 186 valence electrons. The fourth-order valence-corrected chi connectivity index (χ4v) is 4.54. The molecule has 0 aliphatic carbocycles. The van der Waals surface area contributed by atoms with Crippen LogP contribution in [0.25, 0.3) is 34.0 Å². The highest BCUT2D eigenvalue weighted by atomic mass is 19.1. The van der Waals surface area contributed by atoms with Crippen LogP contribution in [0.2, 0.25) is 0 Å². The lowest BCUT2D eigenvalue weighted by Crippen LogP contribution is -2.22. The number of nitrogens with one attached hydrogen (secondary N) is 1. The molecular weight excluding hydrogens is 465 g/mol. The monoisotopic (exact) mass is 493 g/mol. The fourth-order valence-electron chi connectivity index (χ4n) is 4.54. The van der Waals surface area contributed by atoms with Gasteiger partial charge in [-0.3, -0.25) is 4.98 Å². The molecule has 2 aromatic carbocycles. The minimum absolute atomic E-state index is 0.251. The maximum absolute atomic E-state index is 13.6. The van der Waals surface area contributed by atoms with Gasteiger partial charge in [-0.1, -0.05) is 18.2 Å². The molecule has 0 spiro atoms. The van der Waals surface area contributed by atoms with Gasteiger partial charge in [-0.25, -0.2) is 9.18 Å². The number of halogens is 1. The van der Waals surface area contributed by atoms with Crippen LogP contribution in [0.4, 0.5) is 4.39 Å². The van der Waals surface area contributed by atoms with Crippen LogP contribution >= 0.6 is 0 Å². The molecule has 0 atom stereocenters. The summed E-state index contributed by atoms with van der Waals surface area (Å²) in [7, 11) is 0. The number of hydrogen-bond acceptors (Lipinski definition) is 4. The number of carbonyl (C=O) groups is 1. The van der Waals surface area contributed by atoms with Crippen molar-refractivity contribution in [2.24, 2.45) is 0 Å². The van der Waals surface area contributed by atoms with E-state index < -0.39 is 0 Å². The number of carbonyl (C=O) groups excluding carboxylic acids is 1. The molecule has 1 aliphatic rings. The molecular formula is C31H28FN3O2. The minimum Gasteiger partial charge on any atom is -0.462 e. The predicted octanol–water partition coefficient (Wildman–Crippen LogP) is 6.82. The molecule has 4 aromatic rings. The van der Waals surface area contributed by atoms with E-state index in [1.807, 2.05) is 24.3 Å². The van der Waals surface area contributed by atoms with E-state index in [0.717, 1.165) is 53.0 Å². The van der Waals surface area contributed by atoms with E-state index in [2.05, 4.69) is 39.4 Å². The van der Waals surface area contributed by atoms with Crippen molar-refractivity contribution in [2.75, 3.05) is 19.7 Å². The van der Waals surface area contributed by atoms with E-state index in [0.29, 0.717) is 12.2 Å². The molecule has 0 saturated carbocycles. The van der Waals surface area contributed by atoms with E-state index in [-0.39, 0.29) is 11.8 Å². The Balaban J connectivity index is 1.35. The van der Waals surface area contributed by atoms with Crippen LogP contribution in [-0.4, -0.2) is 40.5 Å². The van der Waals surface area contributed by atoms with E-state index in [4.69, 9.17) is 4.74 Å². The lowest BCUT2D eigenvalue weighted by atomic mass is 9.92. The molecule has 1 aliphatic heterocycles. The molecule has 0 bridgehead atoms.